The lowest BCUT2D eigenvalue weighted by Crippen LogP contribution is -2.31. The molecule has 0 radical (unpaired) electrons. The molecule has 28 heavy (non-hydrogen) atoms. The average Bonchev–Trinajstić information content (AvgIpc) is 3.06. The lowest BCUT2D eigenvalue weighted by molar-refractivity contribution is 0.239. The van der Waals surface area contributed by atoms with Crippen molar-refractivity contribution in [3.05, 3.63) is 82.7 Å². The summed E-state index contributed by atoms with van der Waals surface area (Å²) in [5.41, 5.74) is 4.69. The molecule has 0 fully saturated rings. The molecule has 0 atom stereocenters. The van der Waals surface area contributed by atoms with Gasteiger partial charge in [0.1, 0.15) is 11.6 Å². The molecule has 0 saturated carbocycles. The standard InChI is InChI=1S/C22H24F2N4/c1-2-25-13-21-19-15-27(14-16-6-3-4-9-20(16)24)11-10-22(19)28(26-21)18-8-5-7-17(23)12-18/h3-9,12,25H,2,10-11,13-15H2,1H3. The highest BCUT2D eigenvalue weighted by molar-refractivity contribution is 5.39. The summed E-state index contributed by atoms with van der Waals surface area (Å²) >= 11 is 0. The Morgan fingerprint density at radius 2 is 1.96 bits per heavy atom. The number of fused-ring (bicyclic) bond motifs is 1. The third kappa shape index (κ3) is 3.84. The van der Waals surface area contributed by atoms with E-state index >= 15 is 0 Å². The van der Waals surface area contributed by atoms with E-state index in [0.717, 1.165) is 42.1 Å². The van der Waals surface area contributed by atoms with Crippen molar-refractivity contribution in [2.45, 2.75) is 33.0 Å². The highest BCUT2D eigenvalue weighted by Gasteiger charge is 2.26. The van der Waals surface area contributed by atoms with Crippen molar-refractivity contribution < 1.29 is 8.78 Å². The molecule has 146 valence electrons. The van der Waals surface area contributed by atoms with Gasteiger partial charge < -0.3 is 5.32 Å². The molecule has 6 heteroatoms. The van der Waals surface area contributed by atoms with Crippen LogP contribution in [0.4, 0.5) is 8.78 Å². The Kier molecular flexibility index (Phi) is 5.50. The van der Waals surface area contributed by atoms with E-state index < -0.39 is 0 Å². The minimum absolute atomic E-state index is 0.170. The van der Waals surface area contributed by atoms with Crippen molar-refractivity contribution in [2.75, 3.05) is 13.1 Å². The Hall–Kier alpha value is -2.57. The maximum atomic E-state index is 14.1. The number of benzene rings is 2. The SMILES string of the molecule is CCNCc1nn(-c2cccc(F)c2)c2c1CN(Cc1ccccc1F)CC2. The van der Waals surface area contributed by atoms with E-state index in [1.807, 2.05) is 22.9 Å². The molecule has 1 aliphatic heterocycles. The summed E-state index contributed by atoms with van der Waals surface area (Å²) in [5, 5.41) is 8.12. The first-order valence-electron chi connectivity index (χ1n) is 9.67. The molecule has 0 bridgehead atoms. The van der Waals surface area contributed by atoms with E-state index in [2.05, 4.69) is 17.1 Å². The highest BCUT2D eigenvalue weighted by atomic mass is 19.1. The zero-order valence-electron chi connectivity index (χ0n) is 16.0. The summed E-state index contributed by atoms with van der Waals surface area (Å²) < 4.78 is 29.7. The van der Waals surface area contributed by atoms with Crippen molar-refractivity contribution in [3.63, 3.8) is 0 Å². The maximum absolute atomic E-state index is 14.1. The largest absolute Gasteiger partial charge is 0.311 e. The third-order valence-corrected chi connectivity index (χ3v) is 5.17. The van der Waals surface area contributed by atoms with Gasteiger partial charge in [0.15, 0.2) is 0 Å². The summed E-state index contributed by atoms with van der Waals surface area (Å²) in [6, 6.07) is 13.4. The van der Waals surface area contributed by atoms with Gasteiger partial charge in [-0.15, -0.1) is 0 Å². The molecule has 1 aromatic heterocycles. The number of aromatic nitrogens is 2. The van der Waals surface area contributed by atoms with E-state index in [1.165, 1.54) is 18.2 Å². The lowest BCUT2D eigenvalue weighted by Gasteiger charge is -2.28. The van der Waals surface area contributed by atoms with Gasteiger partial charge in [-0.3, -0.25) is 4.90 Å². The molecular formula is C22H24F2N4. The van der Waals surface area contributed by atoms with Gasteiger partial charge in [0.25, 0.3) is 0 Å². The van der Waals surface area contributed by atoms with E-state index in [0.29, 0.717) is 25.2 Å². The summed E-state index contributed by atoms with van der Waals surface area (Å²) in [6.45, 7) is 5.65. The van der Waals surface area contributed by atoms with E-state index in [9.17, 15) is 8.78 Å². The van der Waals surface area contributed by atoms with Crippen molar-refractivity contribution in [2.24, 2.45) is 0 Å². The van der Waals surface area contributed by atoms with Gasteiger partial charge in [0.05, 0.1) is 17.1 Å². The molecule has 2 heterocycles. The van der Waals surface area contributed by atoms with Gasteiger partial charge in [-0.1, -0.05) is 31.2 Å². The molecule has 1 aliphatic rings. The fraction of sp³-hybridized carbons (Fsp3) is 0.318. The Morgan fingerprint density at radius 1 is 1.11 bits per heavy atom. The van der Waals surface area contributed by atoms with Crippen LogP contribution in [0.1, 0.15) is 29.4 Å². The fourth-order valence-electron chi connectivity index (χ4n) is 3.75. The molecule has 0 saturated heterocycles. The molecule has 3 aromatic rings. The van der Waals surface area contributed by atoms with E-state index in [-0.39, 0.29) is 11.6 Å². The maximum Gasteiger partial charge on any atom is 0.127 e. The number of rotatable bonds is 6. The van der Waals surface area contributed by atoms with Crippen molar-refractivity contribution in [1.29, 1.82) is 0 Å². The van der Waals surface area contributed by atoms with Crippen LogP contribution in [0, 0.1) is 11.6 Å². The quantitative estimate of drug-likeness (QED) is 0.704. The van der Waals surface area contributed by atoms with Gasteiger partial charge in [0, 0.05) is 43.7 Å². The molecule has 0 unspecified atom stereocenters. The van der Waals surface area contributed by atoms with Gasteiger partial charge in [-0.05, 0) is 30.8 Å². The highest BCUT2D eigenvalue weighted by Crippen LogP contribution is 2.27. The second-order valence-corrected chi connectivity index (χ2v) is 7.10. The Morgan fingerprint density at radius 3 is 2.75 bits per heavy atom. The predicted molar refractivity (Wildman–Crippen MR) is 105 cm³/mol. The minimum atomic E-state index is -0.271. The molecule has 4 rings (SSSR count). The monoisotopic (exact) mass is 382 g/mol. The summed E-state index contributed by atoms with van der Waals surface area (Å²) in [6.07, 6.45) is 0.791. The van der Waals surface area contributed by atoms with Crippen LogP contribution in [0.25, 0.3) is 5.69 Å². The Bertz CT molecular complexity index is 967. The smallest absolute Gasteiger partial charge is 0.127 e. The first-order valence-corrected chi connectivity index (χ1v) is 9.67. The summed E-state index contributed by atoms with van der Waals surface area (Å²) in [5.74, 6) is -0.441. The van der Waals surface area contributed by atoms with Crippen molar-refractivity contribution >= 4 is 0 Å². The molecule has 0 spiro atoms. The van der Waals surface area contributed by atoms with Crippen LogP contribution >= 0.6 is 0 Å². The number of halogens is 2. The first-order chi connectivity index (χ1) is 13.7. The van der Waals surface area contributed by atoms with Gasteiger partial charge in [-0.25, -0.2) is 13.5 Å². The lowest BCUT2D eigenvalue weighted by atomic mass is 10.0. The minimum Gasteiger partial charge on any atom is -0.311 e. The van der Waals surface area contributed by atoms with Crippen LogP contribution in [0.3, 0.4) is 0 Å². The number of nitrogens with zero attached hydrogens (tertiary/aromatic N) is 3. The summed E-state index contributed by atoms with van der Waals surface area (Å²) in [7, 11) is 0. The number of nitrogens with one attached hydrogen (secondary N) is 1. The topological polar surface area (TPSA) is 33.1 Å². The zero-order valence-corrected chi connectivity index (χ0v) is 16.0. The Balaban J connectivity index is 1.65. The van der Waals surface area contributed by atoms with Crippen LogP contribution in [0.5, 0.6) is 0 Å². The van der Waals surface area contributed by atoms with Gasteiger partial charge in [0.2, 0.25) is 0 Å². The van der Waals surface area contributed by atoms with Crippen LogP contribution in [-0.2, 0) is 26.1 Å². The van der Waals surface area contributed by atoms with Crippen LogP contribution < -0.4 is 5.32 Å². The van der Waals surface area contributed by atoms with Gasteiger partial charge >= 0.3 is 0 Å². The normalized spacial score (nSPS) is 14.2. The predicted octanol–water partition coefficient (Wildman–Crippen LogP) is 3.82. The van der Waals surface area contributed by atoms with E-state index in [1.54, 1.807) is 12.1 Å². The molecule has 1 N–H and O–H groups in total. The average molecular weight is 382 g/mol. The number of hydrogen-bond acceptors (Lipinski definition) is 3. The molecule has 2 aromatic carbocycles. The van der Waals surface area contributed by atoms with Crippen LogP contribution in [0.15, 0.2) is 48.5 Å². The van der Waals surface area contributed by atoms with Crippen LogP contribution in [0.2, 0.25) is 0 Å². The molecule has 0 aliphatic carbocycles. The third-order valence-electron chi connectivity index (χ3n) is 5.17. The second-order valence-electron chi connectivity index (χ2n) is 7.10. The summed E-state index contributed by atoms with van der Waals surface area (Å²) in [4.78, 5) is 2.24. The van der Waals surface area contributed by atoms with Gasteiger partial charge in [-0.2, -0.15) is 5.10 Å². The van der Waals surface area contributed by atoms with E-state index in [4.69, 9.17) is 5.10 Å². The zero-order chi connectivity index (χ0) is 19.5. The first kappa shape index (κ1) is 18.8. The number of hydrogen-bond donors (Lipinski definition) is 1. The van der Waals surface area contributed by atoms with Crippen molar-refractivity contribution in [1.82, 2.24) is 20.0 Å². The fourth-order valence-corrected chi connectivity index (χ4v) is 3.75. The molecular weight excluding hydrogens is 358 g/mol. The second kappa shape index (κ2) is 8.20. The molecule has 0 amide bonds. The molecule has 4 nitrogen and oxygen atoms in total. The van der Waals surface area contributed by atoms with Crippen molar-refractivity contribution in [3.8, 4) is 5.69 Å². The van der Waals surface area contributed by atoms with Crippen LogP contribution in [-0.4, -0.2) is 27.8 Å². The Labute approximate surface area is 163 Å².